The fourth-order valence-corrected chi connectivity index (χ4v) is 1.40. The van der Waals surface area contributed by atoms with Gasteiger partial charge in [0, 0.05) is 13.1 Å². The number of carboxylic acid groups (broad SMARTS) is 1. The SMILES string of the molecule is NCCCC[C@H](N)C(=O)N1CCC1.O=C(O)C(F)(F)F. The van der Waals surface area contributed by atoms with E-state index in [2.05, 4.69) is 0 Å². The molecule has 1 heterocycles. The van der Waals surface area contributed by atoms with Crippen LogP contribution in [-0.4, -0.2) is 53.7 Å². The second-order valence-electron chi connectivity index (χ2n) is 4.37. The van der Waals surface area contributed by atoms with Crippen molar-refractivity contribution in [1.82, 2.24) is 4.90 Å². The lowest BCUT2D eigenvalue weighted by Crippen LogP contribution is -2.50. The van der Waals surface area contributed by atoms with E-state index in [1.165, 1.54) is 0 Å². The van der Waals surface area contributed by atoms with Crippen LogP contribution in [0.5, 0.6) is 0 Å². The number of carbonyl (C=O) groups is 2. The van der Waals surface area contributed by atoms with Gasteiger partial charge in [0.05, 0.1) is 6.04 Å². The molecular weight excluding hydrogens is 279 g/mol. The summed E-state index contributed by atoms with van der Waals surface area (Å²) in [5, 5.41) is 7.12. The van der Waals surface area contributed by atoms with Crippen LogP contribution < -0.4 is 11.5 Å². The van der Waals surface area contributed by atoms with Crippen molar-refractivity contribution in [3.05, 3.63) is 0 Å². The lowest BCUT2D eigenvalue weighted by Gasteiger charge is -2.33. The number of halogens is 3. The molecule has 0 bridgehead atoms. The number of nitrogens with zero attached hydrogens (tertiary/aromatic N) is 1. The maximum absolute atomic E-state index is 11.5. The third kappa shape index (κ3) is 7.29. The second kappa shape index (κ2) is 8.75. The van der Waals surface area contributed by atoms with Crippen molar-refractivity contribution in [3.63, 3.8) is 0 Å². The summed E-state index contributed by atoms with van der Waals surface area (Å²) in [4.78, 5) is 22.2. The van der Waals surface area contributed by atoms with E-state index in [1.807, 2.05) is 4.90 Å². The number of carboxylic acids is 1. The third-order valence-electron chi connectivity index (χ3n) is 2.70. The quantitative estimate of drug-likeness (QED) is 0.633. The van der Waals surface area contributed by atoms with Gasteiger partial charge < -0.3 is 21.5 Å². The van der Waals surface area contributed by atoms with Crippen LogP contribution in [0.1, 0.15) is 25.7 Å². The highest BCUT2D eigenvalue weighted by Crippen LogP contribution is 2.13. The maximum Gasteiger partial charge on any atom is 0.490 e. The predicted molar refractivity (Wildman–Crippen MR) is 65.8 cm³/mol. The maximum atomic E-state index is 11.5. The van der Waals surface area contributed by atoms with Crippen LogP contribution in [0.2, 0.25) is 0 Å². The third-order valence-corrected chi connectivity index (χ3v) is 2.70. The molecule has 1 rings (SSSR count). The number of unbranched alkanes of at least 4 members (excludes halogenated alkanes) is 1. The zero-order valence-electron chi connectivity index (χ0n) is 11.0. The lowest BCUT2D eigenvalue weighted by atomic mass is 10.1. The molecule has 9 heteroatoms. The fourth-order valence-electron chi connectivity index (χ4n) is 1.40. The van der Waals surface area contributed by atoms with E-state index in [0.29, 0.717) is 6.54 Å². The highest BCUT2D eigenvalue weighted by molar-refractivity contribution is 5.82. The molecule has 20 heavy (non-hydrogen) atoms. The molecule has 0 saturated carbocycles. The molecule has 0 radical (unpaired) electrons. The smallest absolute Gasteiger partial charge is 0.475 e. The van der Waals surface area contributed by atoms with Crippen molar-refractivity contribution >= 4 is 11.9 Å². The Morgan fingerprint density at radius 3 is 2.05 bits per heavy atom. The largest absolute Gasteiger partial charge is 0.490 e. The van der Waals surface area contributed by atoms with Crippen LogP contribution in [0.4, 0.5) is 13.2 Å². The molecular formula is C11H20F3N3O3. The van der Waals surface area contributed by atoms with Crippen molar-refractivity contribution < 1.29 is 27.9 Å². The summed E-state index contributed by atoms with van der Waals surface area (Å²) in [6.07, 6.45) is -1.27. The number of rotatable bonds is 5. The van der Waals surface area contributed by atoms with E-state index in [9.17, 15) is 18.0 Å². The average Bonchev–Trinajstić information content (AvgIpc) is 2.26. The van der Waals surface area contributed by atoms with Gasteiger partial charge in [0.2, 0.25) is 5.91 Å². The summed E-state index contributed by atoms with van der Waals surface area (Å²) in [7, 11) is 0. The van der Waals surface area contributed by atoms with Crippen molar-refractivity contribution in [2.45, 2.75) is 37.9 Å². The number of hydrogen-bond donors (Lipinski definition) is 3. The number of amides is 1. The number of hydrogen-bond acceptors (Lipinski definition) is 4. The number of likely N-dealkylation sites (tertiary alicyclic amines) is 1. The summed E-state index contributed by atoms with van der Waals surface area (Å²) >= 11 is 0. The van der Waals surface area contributed by atoms with Crippen LogP contribution >= 0.6 is 0 Å². The monoisotopic (exact) mass is 299 g/mol. The lowest BCUT2D eigenvalue weighted by molar-refractivity contribution is -0.192. The van der Waals surface area contributed by atoms with Crippen LogP contribution in [-0.2, 0) is 9.59 Å². The molecule has 1 aliphatic heterocycles. The summed E-state index contributed by atoms with van der Waals surface area (Å²) in [6, 6.07) is -0.299. The van der Waals surface area contributed by atoms with Gasteiger partial charge in [-0.05, 0) is 25.8 Å². The summed E-state index contributed by atoms with van der Waals surface area (Å²) in [6.45, 7) is 2.47. The van der Waals surface area contributed by atoms with Gasteiger partial charge in [0.1, 0.15) is 0 Å². The molecule has 0 aromatic rings. The molecule has 0 unspecified atom stereocenters. The molecule has 1 aliphatic rings. The van der Waals surface area contributed by atoms with Gasteiger partial charge in [-0.25, -0.2) is 4.79 Å². The highest BCUT2D eigenvalue weighted by Gasteiger charge is 2.38. The van der Waals surface area contributed by atoms with Gasteiger partial charge in [-0.1, -0.05) is 6.42 Å². The van der Waals surface area contributed by atoms with E-state index in [0.717, 1.165) is 38.8 Å². The minimum Gasteiger partial charge on any atom is -0.475 e. The van der Waals surface area contributed by atoms with Crippen LogP contribution in [0, 0.1) is 0 Å². The Morgan fingerprint density at radius 2 is 1.75 bits per heavy atom. The molecule has 5 N–H and O–H groups in total. The molecule has 0 aromatic carbocycles. The first-order chi connectivity index (χ1) is 9.20. The molecule has 1 saturated heterocycles. The predicted octanol–water partition coefficient (Wildman–Crippen LogP) is 0.308. The van der Waals surface area contributed by atoms with Gasteiger partial charge in [-0.2, -0.15) is 13.2 Å². The summed E-state index contributed by atoms with van der Waals surface area (Å²) < 4.78 is 31.7. The molecule has 0 aliphatic carbocycles. The second-order valence-corrected chi connectivity index (χ2v) is 4.37. The Labute approximate surface area is 114 Å². The Kier molecular flexibility index (Phi) is 8.16. The van der Waals surface area contributed by atoms with Gasteiger partial charge >= 0.3 is 12.1 Å². The minimum absolute atomic E-state index is 0.114. The van der Waals surface area contributed by atoms with Crippen molar-refractivity contribution in [3.8, 4) is 0 Å². The van der Waals surface area contributed by atoms with Crippen molar-refractivity contribution in [2.75, 3.05) is 19.6 Å². The minimum atomic E-state index is -5.08. The average molecular weight is 299 g/mol. The number of nitrogens with two attached hydrogens (primary N) is 2. The molecule has 1 fully saturated rings. The molecule has 0 spiro atoms. The van der Waals surface area contributed by atoms with Gasteiger partial charge in [0.25, 0.3) is 0 Å². The molecule has 1 amide bonds. The summed E-state index contributed by atoms with van der Waals surface area (Å²) in [5.74, 6) is -2.64. The van der Waals surface area contributed by atoms with E-state index in [1.54, 1.807) is 0 Å². The zero-order chi connectivity index (χ0) is 15.8. The van der Waals surface area contributed by atoms with Crippen molar-refractivity contribution in [1.29, 1.82) is 0 Å². The standard InChI is InChI=1S/C9H19N3O.C2HF3O2/c10-5-2-1-4-8(11)9(13)12-6-3-7-12;3-2(4,5)1(6)7/h8H,1-7,10-11H2;(H,6,7)/t8-;/m0./s1. The first kappa shape index (κ1) is 18.7. The molecule has 1 atom stereocenters. The molecule has 6 nitrogen and oxygen atoms in total. The van der Waals surface area contributed by atoms with Crippen molar-refractivity contribution in [2.24, 2.45) is 11.5 Å². The van der Waals surface area contributed by atoms with Gasteiger partial charge in [-0.3, -0.25) is 4.79 Å². The number of carbonyl (C=O) groups excluding carboxylic acids is 1. The Balaban J connectivity index is 0.000000441. The highest BCUT2D eigenvalue weighted by atomic mass is 19.4. The zero-order valence-corrected chi connectivity index (χ0v) is 11.0. The Bertz CT molecular complexity index is 320. The Morgan fingerprint density at radius 1 is 1.25 bits per heavy atom. The van der Waals surface area contributed by atoms with Gasteiger partial charge in [-0.15, -0.1) is 0 Å². The van der Waals surface area contributed by atoms with Gasteiger partial charge in [0.15, 0.2) is 0 Å². The Hall–Kier alpha value is -1.35. The topological polar surface area (TPSA) is 110 Å². The molecule has 118 valence electrons. The van der Waals surface area contributed by atoms with Crippen LogP contribution in [0.25, 0.3) is 0 Å². The van der Waals surface area contributed by atoms with E-state index < -0.39 is 12.1 Å². The fraction of sp³-hybridized carbons (Fsp3) is 0.818. The first-order valence-corrected chi connectivity index (χ1v) is 6.24. The summed E-state index contributed by atoms with van der Waals surface area (Å²) in [5.41, 5.74) is 11.1. The molecule has 0 aromatic heterocycles. The van der Waals surface area contributed by atoms with E-state index >= 15 is 0 Å². The van der Waals surface area contributed by atoms with E-state index in [4.69, 9.17) is 21.4 Å². The van der Waals surface area contributed by atoms with E-state index in [-0.39, 0.29) is 11.9 Å². The number of alkyl halides is 3. The van der Waals surface area contributed by atoms with Crippen LogP contribution in [0.3, 0.4) is 0 Å². The first-order valence-electron chi connectivity index (χ1n) is 6.24. The number of aliphatic carboxylic acids is 1. The normalized spacial score (nSPS) is 15.8. The van der Waals surface area contributed by atoms with Crippen LogP contribution in [0.15, 0.2) is 0 Å².